The van der Waals surface area contributed by atoms with Gasteiger partial charge in [0, 0.05) is 13.1 Å². The maximum absolute atomic E-state index is 11.4. The SMILES string of the molecule is CN(C(=O)C(=O)NN)C1CCCCC1. The van der Waals surface area contributed by atoms with Gasteiger partial charge in [0.25, 0.3) is 0 Å². The number of hydrazine groups is 1. The van der Waals surface area contributed by atoms with Crippen LogP contribution in [0.3, 0.4) is 0 Å². The number of nitrogens with zero attached hydrogens (tertiary/aromatic N) is 1. The minimum atomic E-state index is -0.738. The van der Waals surface area contributed by atoms with Crippen molar-refractivity contribution in [1.29, 1.82) is 0 Å². The van der Waals surface area contributed by atoms with Crippen molar-refractivity contribution < 1.29 is 9.59 Å². The molecule has 1 aliphatic carbocycles. The average Bonchev–Trinajstić information content (AvgIpc) is 2.27. The van der Waals surface area contributed by atoms with Crippen LogP contribution in [0.15, 0.2) is 0 Å². The van der Waals surface area contributed by atoms with Gasteiger partial charge in [-0.1, -0.05) is 19.3 Å². The van der Waals surface area contributed by atoms with E-state index in [9.17, 15) is 9.59 Å². The van der Waals surface area contributed by atoms with Gasteiger partial charge in [-0.3, -0.25) is 15.0 Å². The highest BCUT2D eigenvalue weighted by atomic mass is 16.2. The Morgan fingerprint density at radius 3 is 2.36 bits per heavy atom. The van der Waals surface area contributed by atoms with E-state index in [4.69, 9.17) is 5.84 Å². The third kappa shape index (κ3) is 2.45. The molecule has 5 nitrogen and oxygen atoms in total. The maximum Gasteiger partial charge on any atom is 0.323 e. The Hall–Kier alpha value is -1.10. The van der Waals surface area contributed by atoms with Crippen LogP contribution in [-0.2, 0) is 9.59 Å². The lowest BCUT2D eigenvalue weighted by Gasteiger charge is -2.30. The number of nitrogens with two attached hydrogens (primary N) is 1. The number of likely N-dealkylation sites (N-methyl/N-ethyl adjacent to an activating group) is 1. The summed E-state index contributed by atoms with van der Waals surface area (Å²) in [4.78, 5) is 23.9. The van der Waals surface area contributed by atoms with Gasteiger partial charge in [-0.15, -0.1) is 0 Å². The van der Waals surface area contributed by atoms with Crippen LogP contribution in [0.2, 0.25) is 0 Å². The van der Waals surface area contributed by atoms with E-state index in [1.54, 1.807) is 7.05 Å². The molecule has 0 bridgehead atoms. The largest absolute Gasteiger partial charge is 0.334 e. The molecule has 3 N–H and O–H groups in total. The summed E-state index contributed by atoms with van der Waals surface area (Å²) in [6.07, 6.45) is 5.46. The molecule has 0 radical (unpaired) electrons. The van der Waals surface area contributed by atoms with Gasteiger partial charge in [0.05, 0.1) is 0 Å². The molecule has 0 aliphatic heterocycles. The first-order valence-corrected chi connectivity index (χ1v) is 4.94. The van der Waals surface area contributed by atoms with Gasteiger partial charge in [-0.05, 0) is 12.8 Å². The van der Waals surface area contributed by atoms with Crippen molar-refractivity contribution in [2.75, 3.05) is 7.05 Å². The fraction of sp³-hybridized carbons (Fsp3) is 0.778. The van der Waals surface area contributed by atoms with Crippen LogP contribution < -0.4 is 11.3 Å². The zero-order valence-electron chi connectivity index (χ0n) is 8.45. The van der Waals surface area contributed by atoms with Crippen molar-refractivity contribution in [3.8, 4) is 0 Å². The van der Waals surface area contributed by atoms with Crippen LogP contribution in [0.4, 0.5) is 0 Å². The van der Waals surface area contributed by atoms with E-state index in [1.165, 1.54) is 11.3 Å². The molecular formula is C9H17N3O2. The Balaban J connectivity index is 2.50. The number of carbonyl (C=O) groups is 2. The molecule has 0 aromatic heterocycles. The predicted molar refractivity (Wildman–Crippen MR) is 52.0 cm³/mol. The fourth-order valence-electron chi connectivity index (χ4n) is 1.86. The Morgan fingerprint density at radius 2 is 1.86 bits per heavy atom. The highest BCUT2D eigenvalue weighted by molar-refractivity contribution is 6.34. The second-order valence-corrected chi connectivity index (χ2v) is 3.68. The van der Waals surface area contributed by atoms with Crippen LogP contribution in [0, 0.1) is 0 Å². The number of carbonyl (C=O) groups excluding carboxylic acids is 2. The van der Waals surface area contributed by atoms with E-state index < -0.39 is 11.8 Å². The number of nitrogens with one attached hydrogen (secondary N) is 1. The molecule has 0 saturated heterocycles. The Kier molecular flexibility index (Phi) is 3.88. The third-order valence-corrected chi connectivity index (χ3v) is 2.77. The summed E-state index contributed by atoms with van der Waals surface area (Å²) in [5.41, 5.74) is 1.85. The highest BCUT2D eigenvalue weighted by Crippen LogP contribution is 2.21. The number of amides is 2. The third-order valence-electron chi connectivity index (χ3n) is 2.77. The summed E-state index contributed by atoms with van der Waals surface area (Å²) in [6.45, 7) is 0. The smallest absolute Gasteiger partial charge is 0.323 e. The average molecular weight is 199 g/mol. The van der Waals surface area contributed by atoms with E-state index in [-0.39, 0.29) is 6.04 Å². The summed E-state index contributed by atoms with van der Waals surface area (Å²) in [7, 11) is 1.66. The van der Waals surface area contributed by atoms with Gasteiger partial charge in [0.1, 0.15) is 0 Å². The zero-order chi connectivity index (χ0) is 10.6. The monoisotopic (exact) mass is 199 g/mol. The predicted octanol–water partition coefficient (Wildman–Crippen LogP) is -0.233. The van der Waals surface area contributed by atoms with Gasteiger partial charge < -0.3 is 4.90 Å². The minimum Gasteiger partial charge on any atom is -0.334 e. The molecule has 80 valence electrons. The van der Waals surface area contributed by atoms with Crippen LogP contribution in [0.5, 0.6) is 0 Å². The molecule has 0 atom stereocenters. The van der Waals surface area contributed by atoms with Crippen molar-refractivity contribution >= 4 is 11.8 Å². The molecule has 1 aliphatic rings. The summed E-state index contributed by atoms with van der Waals surface area (Å²) >= 11 is 0. The standard InChI is InChI=1S/C9H17N3O2/c1-12(9(14)8(13)11-10)7-5-3-2-4-6-7/h7H,2-6,10H2,1H3,(H,11,13). The van der Waals surface area contributed by atoms with Gasteiger partial charge >= 0.3 is 11.8 Å². The normalized spacial score (nSPS) is 17.6. The number of hydrogen-bond acceptors (Lipinski definition) is 3. The van der Waals surface area contributed by atoms with Crippen molar-refractivity contribution in [2.24, 2.45) is 5.84 Å². The lowest BCUT2D eigenvalue weighted by molar-refractivity contribution is -0.146. The first-order valence-electron chi connectivity index (χ1n) is 4.94. The lowest BCUT2D eigenvalue weighted by atomic mass is 9.94. The number of hydrogen-bond donors (Lipinski definition) is 2. The molecule has 1 saturated carbocycles. The molecule has 2 amide bonds. The van der Waals surface area contributed by atoms with Gasteiger partial charge in [-0.2, -0.15) is 0 Å². The molecule has 0 aromatic rings. The minimum absolute atomic E-state index is 0.202. The van der Waals surface area contributed by atoms with E-state index >= 15 is 0 Å². The van der Waals surface area contributed by atoms with Crippen LogP contribution in [0.1, 0.15) is 32.1 Å². The van der Waals surface area contributed by atoms with Crippen LogP contribution >= 0.6 is 0 Å². The molecule has 1 fully saturated rings. The van der Waals surface area contributed by atoms with Gasteiger partial charge in [0.2, 0.25) is 0 Å². The molecule has 1 rings (SSSR count). The van der Waals surface area contributed by atoms with E-state index in [2.05, 4.69) is 0 Å². The summed E-state index contributed by atoms with van der Waals surface area (Å²) in [5, 5.41) is 0. The Morgan fingerprint density at radius 1 is 1.29 bits per heavy atom. The molecule has 0 spiro atoms. The van der Waals surface area contributed by atoms with E-state index in [0.29, 0.717) is 0 Å². The lowest BCUT2D eigenvalue weighted by Crippen LogP contribution is -2.48. The Bertz CT molecular complexity index is 224. The Labute approximate surface area is 83.6 Å². The van der Waals surface area contributed by atoms with E-state index in [0.717, 1.165) is 25.7 Å². The van der Waals surface area contributed by atoms with Gasteiger partial charge in [0.15, 0.2) is 0 Å². The van der Waals surface area contributed by atoms with E-state index in [1.807, 2.05) is 5.43 Å². The molecule has 0 heterocycles. The molecule has 0 unspecified atom stereocenters. The summed E-state index contributed by atoms with van der Waals surface area (Å²) in [6, 6.07) is 0.202. The quantitative estimate of drug-likeness (QED) is 0.265. The zero-order valence-corrected chi connectivity index (χ0v) is 8.45. The molecule has 0 aromatic carbocycles. The van der Waals surface area contributed by atoms with Crippen molar-refractivity contribution in [3.05, 3.63) is 0 Å². The number of rotatable bonds is 1. The first kappa shape index (κ1) is 11.0. The summed E-state index contributed by atoms with van der Waals surface area (Å²) < 4.78 is 0. The summed E-state index contributed by atoms with van der Waals surface area (Å²) in [5.74, 6) is 3.61. The van der Waals surface area contributed by atoms with Gasteiger partial charge in [-0.25, -0.2) is 5.84 Å². The molecular weight excluding hydrogens is 182 g/mol. The maximum atomic E-state index is 11.4. The fourth-order valence-corrected chi connectivity index (χ4v) is 1.86. The van der Waals surface area contributed by atoms with Crippen molar-refractivity contribution in [2.45, 2.75) is 38.1 Å². The second kappa shape index (κ2) is 4.95. The topological polar surface area (TPSA) is 75.4 Å². The molecule has 14 heavy (non-hydrogen) atoms. The van der Waals surface area contributed by atoms with Crippen LogP contribution in [0.25, 0.3) is 0 Å². The highest BCUT2D eigenvalue weighted by Gasteiger charge is 2.25. The van der Waals surface area contributed by atoms with Crippen molar-refractivity contribution in [1.82, 2.24) is 10.3 Å². The van der Waals surface area contributed by atoms with Crippen LogP contribution in [-0.4, -0.2) is 29.8 Å². The molecule has 5 heteroatoms. The van der Waals surface area contributed by atoms with Crippen molar-refractivity contribution in [3.63, 3.8) is 0 Å². The first-order chi connectivity index (χ1) is 6.66. The second-order valence-electron chi connectivity index (χ2n) is 3.68.